The van der Waals surface area contributed by atoms with Crippen molar-refractivity contribution in [3.63, 3.8) is 0 Å². The summed E-state index contributed by atoms with van der Waals surface area (Å²) in [4.78, 5) is 20.8. The van der Waals surface area contributed by atoms with Crippen LogP contribution in [-0.2, 0) is 9.59 Å². The van der Waals surface area contributed by atoms with E-state index in [2.05, 4.69) is 6.58 Å². The summed E-state index contributed by atoms with van der Waals surface area (Å²) in [6.45, 7) is 3.90. The summed E-state index contributed by atoms with van der Waals surface area (Å²) in [5, 5.41) is 17.1. The first-order valence-electron chi connectivity index (χ1n) is 8.62. The van der Waals surface area contributed by atoms with E-state index in [0.29, 0.717) is 5.92 Å². The van der Waals surface area contributed by atoms with Crippen LogP contribution in [0.4, 0.5) is 0 Å². The summed E-state index contributed by atoms with van der Waals surface area (Å²) >= 11 is 0. The lowest BCUT2D eigenvalue weighted by molar-refractivity contribution is -0.138. The Labute approximate surface area is 134 Å². The molecule has 1 unspecified atom stereocenters. The van der Waals surface area contributed by atoms with Crippen molar-refractivity contribution < 1.29 is 19.8 Å². The largest absolute Gasteiger partial charge is 0.481 e. The molecule has 4 heteroatoms. The molecule has 0 heterocycles. The molecule has 0 saturated heterocycles. The summed E-state index contributed by atoms with van der Waals surface area (Å²) in [6, 6.07) is 0. The maximum atomic E-state index is 10.4. The van der Waals surface area contributed by atoms with E-state index >= 15 is 0 Å². The molecule has 1 atom stereocenters. The third-order valence-corrected chi connectivity index (χ3v) is 4.01. The molecule has 0 radical (unpaired) electrons. The fraction of sp³-hybridized carbons (Fsp3) is 0.778. The van der Waals surface area contributed by atoms with Gasteiger partial charge in [-0.3, -0.25) is 9.59 Å². The smallest absolute Gasteiger partial charge is 0.303 e. The van der Waals surface area contributed by atoms with Crippen LogP contribution in [0.1, 0.15) is 83.5 Å². The second-order valence-electron chi connectivity index (χ2n) is 6.04. The minimum atomic E-state index is -0.702. The van der Waals surface area contributed by atoms with Crippen LogP contribution < -0.4 is 0 Å². The third-order valence-electron chi connectivity index (χ3n) is 4.01. The van der Waals surface area contributed by atoms with Crippen molar-refractivity contribution in [1.82, 2.24) is 0 Å². The maximum Gasteiger partial charge on any atom is 0.303 e. The van der Waals surface area contributed by atoms with Gasteiger partial charge >= 0.3 is 11.9 Å². The van der Waals surface area contributed by atoms with Crippen LogP contribution in [0, 0.1) is 5.92 Å². The zero-order chi connectivity index (χ0) is 16.6. The molecule has 0 aliphatic heterocycles. The normalized spacial score (nSPS) is 12.0. The zero-order valence-electron chi connectivity index (χ0n) is 13.8. The highest BCUT2D eigenvalue weighted by Crippen LogP contribution is 2.19. The SMILES string of the molecule is C=CC(CCCCCCCC(=O)O)CCCCCCC(=O)O. The standard InChI is InChI=1S/C18H32O4/c1-2-16(13-9-6-7-11-15-18(21)22)12-8-4-3-5-10-14-17(19)20/h2,16H,1,3-15H2,(H,19,20)(H,21,22). The van der Waals surface area contributed by atoms with Gasteiger partial charge in [-0.2, -0.15) is 0 Å². The molecule has 0 bridgehead atoms. The van der Waals surface area contributed by atoms with Crippen molar-refractivity contribution in [3.05, 3.63) is 12.7 Å². The van der Waals surface area contributed by atoms with E-state index < -0.39 is 11.9 Å². The number of unbranched alkanes of at least 4 members (excludes halogenated alkanes) is 7. The minimum Gasteiger partial charge on any atom is -0.481 e. The average Bonchev–Trinajstić information content (AvgIpc) is 2.46. The number of carboxylic acid groups (broad SMARTS) is 2. The number of allylic oxidation sites excluding steroid dienone is 1. The number of hydrogen-bond donors (Lipinski definition) is 2. The van der Waals surface area contributed by atoms with Crippen molar-refractivity contribution in [2.75, 3.05) is 0 Å². The second kappa shape index (κ2) is 14.6. The van der Waals surface area contributed by atoms with Crippen molar-refractivity contribution in [2.24, 2.45) is 5.92 Å². The molecule has 0 spiro atoms. The molecule has 0 amide bonds. The second-order valence-corrected chi connectivity index (χ2v) is 6.04. The molecule has 0 saturated carbocycles. The van der Waals surface area contributed by atoms with Gasteiger partial charge in [0.05, 0.1) is 0 Å². The molecule has 0 aliphatic rings. The van der Waals surface area contributed by atoms with E-state index in [1.165, 1.54) is 12.8 Å². The monoisotopic (exact) mass is 312 g/mol. The molecular formula is C18H32O4. The van der Waals surface area contributed by atoms with Crippen molar-refractivity contribution >= 4 is 11.9 Å². The molecule has 0 rings (SSSR count). The van der Waals surface area contributed by atoms with Crippen LogP contribution in [-0.4, -0.2) is 22.2 Å². The van der Waals surface area contributed by atoms with Gasteiger partial charge < -0.3 is 10.2 Å². The Hall–Kier alpha value is -1.32. The van der Waals surface area contributed by atoms with Gasteiger partial charge in [0.1, 0.15) is 0 Å². The van der Waals surface area contributed by atoms with Gasteiger partial charge in [0.2, 0.25) is 0 Å². The number of aliphatic carboxylic acids is 2. The first kappa shape index (κ1) is 20.7. The molecule has 0 aromatic rings. The van der Waals surface area contributed by atoms with Gasteiger partial charge in [-0.25, -0.2) is 0 Å². The molecule has 2 N–H and O–H groups in total. The Morgan fingerprint density at radius 1 is 0.727 bits per heavy atom. The highest BCUT2D eigenvalue weighted by molar-refractivity contribution is 5.66. The van der Waals surface area contributed by atoms with Gasteiger partial charge in [-0.05, 0) is 31.6 Å². The number of hydrogen-bond acceptors (Lipinski definition) is 2. The van der Waals surface area contributed by atoms with Crippen molar-refractivity contribution in [1.29, 1.82) is 0 Å². The lowest BCUT2D eigenvalue weighted by Gasteiger charge is -2.12. The molecular weight excluding hydrogens is 280 g/mol. The molecule has 4 nitrogen and oxygen atoms in total. The van der Waals surface area contributed by atoms with E-state index in [1.807, 2.05) is 6.08 Å². The Balaban J connectivity index is 3.41. The fourth-order valence-electron chi connectivity index (χ4n) is 2.63. The predicted octanol–water partition coefficient (Wildman–Crippen LogP) is 5.03. The van der Waals surface area contributed by atoms with Gasteiger partial charge in [0.15, 0.2) is 0 Å². The predicted molar refractivity (Wildman–Crippen MR) is 89.0 cm³/mol. The number of carbonyl (C=O) groups is 2. The molecule has 0 aromatic heterocycles. The summed E-state index contributed by atoms with van der Waals surface area (Å²) < 4.78 is 0. The van der Waals surface area contributed by atoms with Gasteiger partial charge in [0.25, 0.3) is 0 Å². The van der Waals surface area contributed by atoms with Crippen LogP contribution in [0.5, 0.6) is 0 Å². The van der Waals surface area contributed by atoms with Crippen LogP contribution in [0.3, 0.4) is 0 Å². The van der Waals surface area contributed by atoms with Gasteiger partial charge in [0, 0.05) is 12.8 Å². The highest BCUT2D eigenvalue weighted by atomic mass is 16.4. The maximum absolute atomic E-state index is 10.4. The fourth-order valence-corrected chi connectivity index (χ4v) is 2.63. The number of rotatable bonds is 16. The lowest BCUT2D eigenvalue weighted by Crippen LogP contribution is -1.98. The van der Waals surface area contributed by atoms with E-state index in [0.717, 1.165) is 57.8 Å². The van der Waals surface area contributed by atoms with Crippen molar-refractivity contribution in [2.45, 2.75) is 83.5 Å². The molecule has 0 aromatic carbocycles. The summed E-state index contributed by atoms with van der Waals surface area (Å²) in [5.41, 5.74) is 0. The topological polar surface area (TPSA) is 74.6 Å². The van der Waals surface area contributed by atoms with E-state index in [-0.39, 0.29) is 12.8 Å². The van der Waals surface area contributed by atoms with Crippen LogP contribution in [0.2, 0.25) is 0 Å². The summed E-state index contributed by atoms with van der Waals surface area (Å²) in [7, 11) is 0. The molecule has 0 fully saturated rings. The van der Waals surface area contributed by atoms with Gasteiger partial charge in [-0.1, -0.05) is 51.0 Å². The first-order chi connectivity index (χ1) is 10.6. The van der Waals surface area contributed by atoms with E-state index in [4.69, 9.17) is 10.2 Å². The Bertz CT molecular complexity index is 312. The first-order valence-corrected chi connectivity index (χ1v) is 8.62. The summed E-state index contributed by atoms with van der Waals surface area (Å²) in [5.74, 6) is -0.833. The quantitative estimate of drug-likeness (QED) is 0.309. The summed E-state index contributed by atoms with van der Waals surface area (Å²) in [6.07, 6.45) is 14.2. The van der Waals surface area contributed by atoms with Gasteiger partial charge in [-0.15, -0.1) is 6.58 Å². The number of carboxylic acids is 2. The van der Waals surface area contributed by atoms with Crippen LogP contribution in [0.15, 0.2) is 12.7 Å². The van der Waals surface area contributed by atoms with Crippen molar-refractivity contribution in [3.8, 4) is 0 Å². The van der Waals surface area contributed by atoms with Crippen LogP contribution in [0.25, 0.3) is 0 Å². The Morgan fingerprint density at radius 3 is 1.45 bits per heavy atom. The highest BCUT2D eigenvalue weighted by Gasteiger charge is 2.04. The zero-order valence-corrected chi connectivity index (χ0v) is 13.8. The van der Waals surface area contributed by atoms with Crippen LogP contribution >= 0.6 is 0 Å². The van der Waals surface area contributed by atoms with E-state index in [9.17, 15) is 9.59 Å². The lowest BCUT2D eigenvalue weighted by atomic mass is 9.94. The molecule has 22 heavy (non-hydrogen) atoms. The molecule has 128 valence electrons. The average molecular weight is 312 g/mol. The third kappa shape index (κ3) is 15.1. The minimum absolute atomic E-state index is 0.284. The Morgan fingerprint density at radius 2 is 1.09 bits per heavy atom. The molecule has 0 aliphatic carbocycles. The Kier molecular flexibility index (Phi) is 13.7. The van der Waals surface area contributed by atoms with E-state index in [1.54, 1.807) is 0 Å².